The molecule has 1 aliphatic carbocycles. The van der Waals surface area contributed by atoms with E-state index >= 15 is 0 Å². The molecule has 0 spiro atoms. The van der Waals surface area contributed by atoms with Gasteiger partial charge in [0.05, 0.1) is 22.4 Å². The first-order chi connectivity index (χ1) is 25.6. The molecule has 2 unspecified atom stereocenters. The predicted octanol–water partition coefficient (Wildman–Crippen LogP) is 13.5. The average Bonchev–Trinajstić information content (AvgIpc) is 3.93. The maximum atomic E-state index is 3.79. The second kappa shape index (κ2) is 12.0. The van der Waals surface area contributed by atoms with Crippen LogP contribution in [0, 0.1) is 0 Å². The van der Waals surface area contributed by atoms with Gasteiger partial charge in [0, 0.05) is 20.6 Å². The third-order valence-electron chi connectivity index (χ3n) is 10.8. The number of fused-ring (bicyclic) bond motifs is 9. The topological polar surface area (TPSA) is 9.86 Å². The Morgan fingerprint density at radius 3 is 1.92 bits per heavy atom. The molecule has 3 heterocycles. The molecule has 6 aromatic carbocycles. The SMILES string of the molecule is C=C/C=C\C=C/Cc1ccc(S2(c3ccc(-c4ccccc4)cc3)n3c(cc4cc5c(cc43)C=CC5C)-c3cc4cc5ccccc5cc4n32)cc1. The quantitative estimate of drug-likeness (QED) is 0.148. The molecule has 0 fully saturated rings. The number of rotatable bonds is 7. The molecular weight excluding hydrogens is 649 g/mol. The molecule has 0 amide bonds. The van der Waals surface area contributed by atoms with Crippen molar-refractivity contribution in [2.75, 3.05) is 0 Å². The van der Waals surface area contributed by atoms with Gasteiger partial charge in [0.25, 0.3) is 0 Å². The molecule has 3 heteroatoms. The van der Waals surface area contributed by atoms with Crippen molar-refractivity contribution in [2.45, 2.75) is 29.1 Å². The van der Waals surface area contributed by atoms with Gasteiger partial charge in [0.15, 0.2) is 0 Å². The molecule has 8 aromatic rings. The van der Waals surface area contributed by atoms with E-state index in [-0.39, 0.29) is 0 Å². The highest BCUT2D eigenvalue weighted by atomic mass is 32.3. The third kappa shape index (κ3) is 4.59. The van der Waals surface area contributed by atoms with Crippen molar-refractivity contribution in [1.82, 2.24) is 7.94 Å². The van der Waals surface area contributed by atoms with Crippen LogP contribution in [-0.2, 0) is 6.42 Å². The van der Waals surface area contributed by atoms with E-state index in [0.29, 0.717) is 5.92 Å². The Bertz CT molecular complexity index is 2770. The monoisotopic (exact) mass is 686 g/mol. The standard InChI is InChI=1S/C49H38N2S/c1-3-4-5-6-8-13-35-19-24-43(25-20-35)52(44-26-22-37(23-27-44)36-14-9-7-10-15-36)50-46-30-39-17-12-11-16-38(39)28-41(46)32-48(50)49-33-42-29-45-34(2)18-21-40(45)31-47(42)51(49)52/h3-12,14-34H,1,13H2,2H3/b5-4-,8-6-. The van der Waals surface area contributed by atoms with Crippen molar-refractivity contribution in [3.63, 3.8) is 0 Å². The summed E-state index contributed by atoms with van der Waals surface area (Å²) in [5, 5.41) is 5.11. The van der Waals surface area contributed by atoms with Gasteiger partial charge in [-0.15, -0.1) is 0 Å². The molecule has 2 aromatic heterocycles. The van der Waals surface area contributed by atoms with Crippen LogP contribution in [0.1, 0.15) is 29.5 Å². The normalized spacial score (nSPS) is 18.8. The summed E-state index contributed by atoms with van der Waals surface area (Å²) in [4.78, 5) is 2.62. The molecule has 250 valence electrons. The zero-order chi connectivity index (χ0) is 34.8. The number of nitrogens with zero attached hydrogens (tertiary/aromatic N) is 2. The molecular formula is C49H38N2S. The number of aromatic nitrogens is 2. The third-order valence-corrected chi connectivity index (χ3v) is 14.5. The van der Waals surface area contributed by atoms with Crippen molar-refractivity contribution in [2.24, 2.45) is 0 Å². The Morgan fingerprint density at radius 1 is 0.596 bits per heavy atom. The van der Waals surface area contributed by atoms with E-state index in [4.69, 9.17) is 0 Å². The fourth-order valence-corrected chi connectivity index (χ4v) is 12.4. The Labute approximate surface area is 306 Å². The maximum absolute atomic E-state index is 3.79. The lowest BCUT2D eigenvalue weighted by Gasteiger charge is -2.42. The summed E-state index contributed by atoms with van der Waals surface area (Å²) >= 11 is 0. The summed E-state index contributed by atoms with van der Waals surface area (Å²) in [6.07, 6.45) is 15.6. The summed E-state index contributed by atoms with van der Waals surface area (Å²) in [7, 11) is -2.08. The largest absolute Gasteiger partial charge is 0.276 e. The molecule has 1 aliphatic heterocycles. The van der Waals surface area contributed by atoms with E-state index in [1.54, 1.807) is 0 Å². The summed E-state index contributed by atoms with van der Waals surface area (Å²) in [6, 6.07) is 53.0. The van der Waals surface area contributed by atoms with Crippen molar-refractivity contribution in [3.8, 4) is 22.5 Å². The molecule has 0 saturated heterocycles. The molecule has 10 rings (SSSR count). The van der Waals surface area contributed by atoms with Crippen molar-refractivity contribution in [1.29, 1.82) is 0 Å². The van der Waals surface area contributed by atoms with E-state index in [2.05, 4.69) is 185 Å². The Balaban J connectivity index is 1.28. The van der Waals surface area contributed by atoms with Gasteiger partial charge in [-0.05, 0) is 122 Å². The lowest BCUT2D eigenvalue weighted by molar-refractivity contribution is 0.993. The van der Waals surface area contributed by atoms with Crippen LogP contribution >= 0.6 is 10.4 Å². The van der Waals surface area contributed by atoms with Gasteiger partial charge in [-0.1, -0.05) is 135 Å². The molecule has 52 heavy (non-hydrogen) atoms. The lowest BCUT2D eigenvalue weighted by atomic mass is 10.0. The van der Waals surface area contributed by atoms with E-state index in [1.807, 2.05) is 18.2 Å². The lowest BCUT2D eigenvalue weighted by Crippen LogP contribution is -2.16. The first-order valence-electron chi connectivity index (χ1n) is 18.1. The Hall–Kier alpha value is -6.03. The van der Waals surface area contributed by atoms with Crippen LogP contribution in [0.25, 0.3) is 61.2 Å². The van der Waals surface area contributed by atoms with E-state index in [1.165, 1.54) is 81.6 Å². The zero-order valence-electron chi connectivity index (χ0n) is 29.1. The van der Waals surface area contributed by atoms with Crippen LogP contribution in [0.5, 0.6) is 0 Å². The van der Waals surface area contributed by atoms with Gasteiger partial charge >= 0.3 is 0 Å². The van der Waals surface area contributed by atoms with Crippen molar-refractivity contribution >= 4 is 49.1 Å². The van der Waals surface area contributed by atoms with Crippen LogP contribution in [0.3, 0.4) is 0 Å². The van der Waals surface area contributed by atoms with E-state index in [0.717, 1.165) is 6.42 Å². The second-order valence-electron chi connectivity index (χ2n) is 13.9. The van der Waals surface area contributed by atoms with Gasteiger partial charge in [-0.2, -0.15) is 0 Å². The molecule has 0 N–H and O–H groups in total. The summed E-state index contributed by atoms with van der Waals surface area (Å²) in [5.41, 5.74) is 11.6. The molecule has 0 radical (unpaired) electrons. The summed E-state index contributed by atoms with van der Waals surface area (Å²) in [5.74, 6) is 0.421. The minimum atomic E-state index is -2.08. The van der Waals surface area contributed by atoms with Crippen molar-refractivity contribution < 1.29 is 0 Å². The first-order valence-corrected chi connectivity index (χ1v) is 19.6. The summed E-state index contributed by atoms with van der Waals surface area (Å²) < 4.78 is 5.43. The van der Waals surface area contributed by atoms with Crippen LogP contribution in [0.4, 0.5) is 0 Å². The van der Waals surface area contributed by atoms with Crippen molar-refractivity contribution in [3.05, 3.63) is 199 Å². The van der Waals surface area contributed by atoms with Gasteiger partial charge in [0.2, 0.25) is 0 Å². The van der Waals surface area contributed by atoms with E-state index < -0.39 is 10.4 Å². The molecule has 0 bridgehead atoms. The molecule has 2 aliphatic rings. The van der Waals surface area contributed by atoms with Crippen LogP contribution in [-0.4, -0.2) is 7.94 Å². The van der Waals surface area contributed by atoms with Gasteiger partial charge in [-0.3, -0.25) is 7.94 Å². The number of hydrogen-bond donors (Lipinski definition) is 0. The average molecular weight is 687 g/mol. The predicted molar refractivity (Wildman–Crippen MR) is 223 cm³/mol. The minimum absolute atomic E-state index is 0.421. The van der Waals surface area contributed by atoms with Gasteiger partial charge in [-0.25, -0.2) is 0 Å². The highest BCUT2D eigenvalue weighted by Crippen LogP contribution is 2.72. The zero-order valence-corrected chi connectivity index (χ0v) is 29.9. The number of benzene rings is 6. The molecule has 2 nitrogen and oxygen atoms in total. The maximum Gasteiger partial charge on any atom is 0.0785 e. The van der Waals surface area contributed by atoms with Crippen LogP contribution < -0.4 is 0 Å². The van der Waals surface area contributed by atoms with E-state index in [9.17, 15) is 0 Å². The summed E-state index contributed by atoms with van der Waals surface area (Å²) in [6.45, 7) is 6.09. The Morgan fingerprint density at radius 2 is 1.21 bits per heavy atom. The smallest absolute Gasteiger partial charge is 0.0785 e. The van der Waals surface area contributed by atoms with Crippen LogP contribution in [0.2, 0.25) is 0 Å². The fraction of sp³-hybridized carbons (Fsp3) is 0.0612. The van der Waals surface area contributed by atoms with Gasteiger partial charge < -0.3 is 0 Å². The highest BCUT2D eigenvalue weighted by Gasteiger charge is 2.44. The van der Waals surface area contributed by atoms with Crippen LogP contribution in [0.15, 0.2) is 192 Å². The molecule has 0 saturated carbocycles. The number of allylic oxidation sites excluding steroid dienone is 6. The second-order valence-corrected chi connectivity index (χ2v) is 16.7. The highest BCUT2D eigenvalue weighted by molar-refractivity contribution is 8.32. The first kappa shape index (κ1) is 30.8. The van der Waals surface area contributed by atoms with Gasteiger partial charge in [0.1, 0.15) is 0 Å². The number of hydrogen-bond acceptors (Lipinski definition) is 0. The fourth-order valence-electron chi connectivity index (χ4n) is 8.30. The Kier molecular flexibility index (Phi) is 7.12. The minimum Gasteiger partial charge on any atom is -0.276 e. The molecule has 2 atom stereocenters.